The van der Waals surface area contributed by atoms with E-state index in [2.05, 4.69) is 36.5 Å². The van der Waals surface area contributed by atoms with Gasteiger partial charge in [-0.3, -0.25) is 4.40 Å². The van der Waals surface area contributed by atoms with Crippen LogP contribution in [0.2, 0.25) is 0 Å². The summed E-state index contributed by atoms with van der Waals surface area (Å²) in [5.74, 6) is 0. The van der Waals surface area contributed by atoms with E-state index in [4.69, 9.17) is 4.74 Å². The highest BCUT2D eigenvalue weighted by molar-refractivity contribution is 9.10. The summed E-state index contributed by atoms with van der Waals surface area (Å²) in [5, 5.41) is 6.10. The van der Waals surface area contributed by atoms with E-state index in [1.165, 1.54) is 0 Å². The number of hydrogen-bond donors (Lipinski definition) is 2. The Bertz CT molecular complexity index is 680. The number of rotatable bonds is 5. The van der Waals surface area contributed by atoms with Gasteiger partial charge in [-0.05, 0) is 43.6 Å². The first-order chi connectivity index (χ1) is 10.7. The summed E-state index contributed by atoms with van der Waals surface area (Å²) >= 11 is 3.35. The molecule has 2 rings (SSSR count). The molecular weight excluding hydrogens is 362 g/mol. The van der Waals surface area contributed by atoms with Gasteiger partial charge in [0, 0.05) is 25.3 Å². The van der Waals surface area contributed by atoms with Crippen molar-refractivity contribution in [3.05, 3.63) is 28.9 Å². The molecule has 2 heterocycles. The average molecular weight is 384 g/mol. The molecule has 1 unspecified atom stereocenters. The Morgan fingerprint density at radius 1 is 1.39 bits per heavy atom. The Labute approximate surface area is 144 Å². The highest BCUT2D eigenvalue weighted by Gasteiger charge is 2.17. The lowest BCUT2D eigenvalue weighted by Gasteiger charge is -2.22. The van der Waals surface area contributed by atoms with E-state index in [1.807, 2.05) is 44.5 Å². The quantitative estimate of drug-likeness (QED) is 0.828. The minimum absolute atomic E-state index is 0.0440. The van der Waals surface area contributed by atoms with Crippen LogP contribution in [0.25, 0.3) is 5.65 Å². The van der Waals surface area contributed by atoms with E-state index in [0.717, 1.165) is 15.9 Å². The Morgan fingerprint density at radius 2 is 2.13 bits per heavy atom. The van der Waals surface area contributed by atoms with E-state index >= 15 is 0 Å². The smallest absolute Gasteiger partial charge is 0.407 e. The molecule has 2 aromatic rings. The van der Waals surface area contributed by atoms with Crippen LogP contribution in [-0.4, -0.2) is 38.6 Å². The van der Waals surface area contributed by atoms with Gasteiger partial charge in [0.1, 0.15) is 10.2 Å². The maximum absolute atomic E-state index is 11.7. The summed E-state index contributed by atoms with van der Waals surface area (Å²) in [6, 6.07) is -0.0440. The van der Waals surface area contributed by atoms with Gasteiger partial charge in [-0.1, -0.05) is 0 Å². The molecule has 7 nitrogen and oxygen atoms in total. The number of alkyl carbamates (subject to hydrolysis) is 1. The van der Waals surface area contributed by atoms with Crippen LogP contribution < -0.4 is 10.6 Å². The van der Waals surface area contributed by atoms with Crippen molar-refractivity contribution in [2.45, 2.75) is 45.9 Å². The van der Waals surface area contributed by atoms with Gasteiger partial charge in [0.25, 0.3) is 0 Å². The first-order valence-corrected chi connectivity index (χ1v) is 8.21. The third kappa shape index (κ3) is 5.47. The van der Waals surface area contributed by atoms with Gasteiger partial charge >= 0.3 is 6.09 Å². The topological polar surface area (TPSA) is 80.5 Å². The van der Waals surface area contributed by atoms with Crippen molar-refractivity contribution in [2.24, 2.45) is 0 Å². The summed E-state index contributed by atoms with van der Waals surface area (Å²) < 4.78 is 7.95. The maximum Gasteiger partial charge on any atom is 0.407 e. The molecule has 0 aliphatic carbocycles. The lowest BCUT2D eigenvalue weighted by atomic mass is 10.2. The van der Waals surface area contributed by atoms with Gasteiger partial charge in [0.15, 0.2) is 5.65 Å². The van der Waals surface area contributed by atoms with Crippen LogP contribution in [-0.2, 0) is 11.3 Å². The highest BCUT2D eigenvalue weighted by atomic mass is 79.9. The molecule has 8 heteroatoms. The number of fused-ring (bicyclic) bond motifs is 1. The SMILES string of the molecule is CC(CNCc1cnc2cnc(Br)cn12)NC(=O)OC(C)(C)C. The van der Waals surface area contributed by atoms with Crippen LogP contribution in [0.15, 0.2) is 23.2 Å². The average Bonchev–Trinajstić information content (AvgIpc) is 2.79. The molecule has 0 saturated heterocycles. The number of carbonyl (C=O) groups is 1. The molecule has 0 saturated carbocycles. The molecule has 0 aliphatic rings. The minimum Gasteiger partial charge on any atom is -0.444 e. The third-order valence-corrected chi connectivity index (χ3v) is 3.37. The number of hydrogen-bond acceptors (Lipinski definition) is 5. The van der Waals surface area contributed by atoms with Gasteiger partial charge in [-0.2, -0.15) is 0 Å². The van der Waals surface area contributed by atoms with Crippen LogP contribution in [0.3, 0.4) is 0 Å². The van der Waals surface area contributed by atoms with Gasteiger partial charge < -0.3 is 15.4 Å². The summed E-state index contributed by atoms with van der Waals surface area (Å²) in [7, 11) is 0. The molecule has 0 spiro atoms. The maximum atomic E-state index is 11.7. The van der Waals surface area contributed by atoms with Crippen molar-refractivity contribution in [2.75, 3.05) is 6.54 Å². The predicted octanol–water partition coefficient (Wildman–Crippen LogP) is 2.49. The van der Waals surface area contributed by atoms with E-state index in [0.29, 0.717) is 13.1 Å². The molecular formula is C15H22BrN5O2. The molecule has 1 atom stereocenters. The highest BCUT2D eigenvalue weighted by Crippen LogP contribution is 2.10. The Hall–Kier alpha value is -1.67. The second kappa shape index (κ2) is 7.27. The van der Waals surface area contributed by atoms with Crippen molar-refractivity contribution in [3.63, 3.8) is 0 Å². The van der Waals surface area contributed by atoms with E-state index in [1.54, 1.807) is 6.20 Å². The van der Waals surface area contributed by atoms with Crippen LogP contribution in [0.1, 0.15) is 33.4 Å². The molecule has 0 fully saturated rings. The van der Waals surface area contributed by atoms with Gasteiger partial charge in [0.2, 0.25) is 0 Å². The van der Waals surface area contributed by atoms with Gasteiger partial charge in [-0.15, -0.1) is 0 Å². The zero-order chi connectivity index (χ0) is 17.0. The molecule has 0 bridgehead atoms. The molecule has 0 aliphatic heterocycles. The molecule has 0 aromatic carbocycles. The number of nitrogens with one attached hydrogen (secondary N) is 2. The van der Waals surface area contributed by atoms with Crippen molar-refractivity contribution in [1.82, 2.24) is 25.0 Å². The number of carbonyl (C=O) groups excluding carboxylic acids is 1. The third-order valence-electron chi connectivity index (χ3n) is 2.96. The number of halogens is 1. The summed E-state index contributed by atoms with van der Waals surface area (Å²) in [5.41, 5.74) is 1.33. The number of imidazole rings is 1. The second-order valence-electron chi connectivity index (χ2n) is 6.37. The minimum atomic E-state index is -0.491. The molecule has 2 N–H and O–H groups in total. The van der Waals surface area contributed by atoms with Gasteiger partial charge in [-0.25, -0.2) is 14.8 Å². The Morgan fingerprint density at radius 3 is 2.83 bits per heavy atom. The van der Waals surface area contributed by atoms with Crippen LogP contribution in [0.4, 0.5) is 4.79 Å². The molecule has 1 amide bonds. The lowest BCUT2D eigenvalue weighted by Crippen LogP contribution is -2.42. The van der Waals surface area contributed by atoms with Crippen LogP contribution >= 0.6 is 15.9 Å². The zero-order valence-corrected chi connectivity index (χ0v) is 15.3. The zero-order valence-electron chi connectivity index (χ0n) is 13.8. The normalized spacial score (nSPS) is 13.1. The fraction of sp³-hybridized carbons (Fsp3) is 0.533. The molecule has 23 heavy (non-hydrogen) atoms. The number of ether oxygens (including phenoxy) is 1. The van der Waals surface area contributed by atoms with Crippen LogP contribution in [0, 0.1) is 0 Å². The summed E-state index contributed by atoms with van der Waals surface area (Å²) in [4.78, 5) is 20.1. The van der Waals surface area contributed by atoms with Crippen LogP contribution in [0.5, 0.6) is 0 Å². The largest absolute Gasteiger partial charge is 0.444 e. The Balaban J connectivity index is 1.82. The Kier molecular flexibility index (Phi) is 5.59. The van der Waals surface area contributed by atoms with Crippen molar-refractivity contribution < 1.29 is 9.53 Å². The fourth-order valence-corrected chi connectivity index (χ4v) is 2.33. The van der Waals surface area contributed by atoms with E-state index < -0.39 is 11.7 Å². The second-order valence-corrected chi connectivity index (χ2v) is 7.18. The van der Waals surface area contributed by atoms with E-state index in [9.17, 15) is 4.79 Å². The number of amides is 1. The number of nitrogens with zero attached hydrogens (tertiary/aromatic N) is 3. The van der Waals surface area contributed by atoms with Crippen molar-refractivity contribution >= 4 is 27.7 Å². The standard InChI is InChI=1S/C15H22BrN5O2/c1-10(20-14(22)23-15(2,3)4)5-17-6-11-7-19-13-8-18-12(16)9-21(11)13/h7-10,17H,5-6H2,1-4H3,(H,20,22). The lowest BCUT2D eigenvalue weighted by molar-refractivity contribution is 0.0508. The molecule has 126 valence electrons. The number of aromatic nitrogens is 3. The summed E-state index contributed by atoms with van der Waals surface area (Å²) in [6.07, 6.45) is 4.99. The summed E-state index contributed by atoms with van der Waals surface area (Å²) in [6.45, 7) is 8.70. The molecule has 2 aromatic heterocycles. The molecule has 0 radical (unpaired) electrons. The van der Waals surface area contributed by atoms with Gasteiger partial charge in [0.05, 0.1) is 18.1 Å². The predicted molar refractivity (Wildman–Crippen MR) is 91.2 cm³/mol. The van der Waals surface area contributed by atoms with Crippen molar-refractivity contribution in [3.8, 4) is 0 Å². The van der Waals surface area contributed by atoms with Crippen molar-refractivity contribution in [1.29, 1.82) is 0 Å². The first-order valence-electron chi connectivity index (χ1n) is 7.42. The fourth-order valence-electron chi connectivity index (χ4n) is 2.02. The first kappa shape index (κ1) is 17.7. The monoisotopic (exact) mass is 383 g/mol. The van der Waals surface area contributed by atoms with E-state index in [-0.39, 0.29) is 6.04 Å².